The van der Waals surface area contributed by atoms with Crippen molar-refractivity contribution in [2.45, 2.75) is 6.54 Å². The molecule has 1 aromatic carbocycles. The van der Waals surface area contributed by atoms with Crippen LogP contribution in [0.3, 0.4) is 0 Å². The molecule has 0 aliphatic rings. The summed E-state index contributed by atoms with van der Waals surface area (Å²) in [4.78, 5) is 4.38. The summed E-state index contributed by atoms with van der Waals surface area (Å²) in [6, 6.07) is 10.5. The van der Waals surface area contributed by atoms with Gasteiger partial charge >= 0.3 is 0 Å². The molecule has 0 aliphatic carbocycles. The molecule has 0 amide bonds. The number of hydrogen-bond donors (Lipinski definition) is 1. The highest BCUT2D eigenvalue weighted by molar-refractivity contribution is 5.67. The first-order valence-corrected chi connectivity index (χ1v) is 6.24. The molecule has 0 atom stereocenters. The van der Waals surface area contributed by atoms with Gasteiger partial charge in [0, 0.05) is 18.3 Å². The first-order valence-electron chi connectivity index (χ1n) is 6.24. The van der Waals surface area contributed by atoms with E-state index in [9.17, 15) is 4.39 Å². The molecule has 0 unspecified atom stereocenters. The van der Waals surface area contributed by atoms with Gasteiger partial charge in [0.15, 0.2) is 11.5 Å². The summed E-state index contributed by atoms with van der Waals surface area (Å²) in [6.45, 7) is 0.284. The van der Waals surface area contributed by atoms with Gasteiger partial charge in [-0.05, 0) is 36.4 Å². The van der Waals surface area contributed by atoms with Gasteiger partial charge in [-0.25, -0.2) is 9.37 Å². The summed E-state index contributed by atoms with van der Waals surface area (Å²) < 4.78 is 20.6. The lowest BCUT2D eigenvalue weighted by atomic mass is 10.1. The summed E-state index contributed by atoms with van der Waals surface area (Å²) >= 11 is 0. The Labute approximate surface area is 115 Å². The summed E-state index contributed by atoms with van der Waals surface area (Å²) in [5, 5.41) is 0. The third kappa shape index (κ3) is 1.92. The van der Waals surface area contributed by atoms with Crippen LogP contribution in [0.2, 0.25) is 0 Å². The topological polar surface area (TPSA) is 52.5 Å². The predicted molar refractivity (Wildman–Crippen MR) is 75.0 cm³/mol. The van der Waals surface area contributed by atoms with E-state index in [1.54, 1.807) is 23.8 Å². The van der Waals surface area contributed by atoms with Crippen LogP contribution in [0.15, 0.2) is 42.6 Å². The van der Waals surface area contributed by atoms with Crippen LogP contribution in [0.1, 0.15) is 5.69 Å². The second-order valence-electron chi connectivity index (χ2n) is 4.39. The molecule has 2 N–H and O–H groups in total. The molecular weight excluding hydrogens is 257 g/mol. The van der Waals surface area contributed by atoms with Gasteiger partial charge in [-0.3, -0.25) is 4.40 Å². The Morgan fingerprint density at radius 2 is 2.00 bits per heavy atom. The van der Waals surface area contributed by atoms with Gasteiger partial charge in [-0.2, -0.15) is 0 Å². The predicted octanol–water partition coefficient (Wildman–Crippen LogP) is 2.61. The standard InChI is InChI=1S/C15H14FN3O/c1-20-11-6-4-10(5-7-11)14-13(9-17)19-8-2-3-12(16)15(19)18-14/h2-8H,9,17H2,1H3. The van der Waals surface area contributed by atoms with Crippen LogP contribution in [-0.4, -0.2) is 16.5 Å². The van der Waals surface area contributed by atoms with Crippen LogP contribution in [0.25, 0.3) is 16.9 Å². The second-order valence-corrected chi connectivity index (χ2v) is 4.39. The van der Waals surface area contributed by atoms with Gasteiger partial charge in [0.2, 0.25) is 0 Å². The lowest BCUT2D eigenvalue weighted by Gasteiger charge is -2.04. The van der Waals surface area contributed by atoms with Crippen LogP contribution in [0.5, 0.6) is 5.75 Å². The molecule has 3 aromatic rings. The van der Waals surface area contributed by atoms with E-state index in [0.717, 1.165) is 17.0 Å². The number of hydrogen-bond acceptors (Lipinski definition) is 3. The monoisotopic (exact) mass is 271 g/mol. The number of ether oxygens (including phenoxy) is 1. The number of pyridine rings is 1. The highest BCUT2D eigenvalue weighted by Gasteiger charge is 2.14. The average Bonchev–Trinajstić information content (AvgIpc) is 2.87. The number of nitrogens with zero attached hydrogens (tertiary/aromatic N) is 2. The van der Waals surface area contributed by atoms with Crippen molar-refractivity contribution in [3.8, 4) is 17.0 Å². The molecule has 3 rings (SSSR count). The molecule has 102 valence electrons. The zero-order valence-corrected chi connectivity index (χ0v) is 11.0. The van der Waals surface area contributed by atoms with Crippen molar-refractivity contribution in [2.75, 3.05) is 7.11 Å². The Balaban J connectivity index is 2.21. The molecule has 0 aliphatic heterocycles. The van der Waals surface area contributed by atoms with E-state index in [0.29, 0.717) is 11.3 Å². The summed E-state index contributed by atoms with van der Waals surface area (Å²) in [5.41, 5.74) is 8.45. The molecule has 0 spiro atoms. The van der Waals surface area contributed by atoms with E-state index in [4.69, 9.17) is 10.5 Å². The van der Waals surface area contributed by atoms with E-state index < -0.39 is 0 Å². The van der Waals surface area contributed by atoms with Crippen molar-refractivity contribution >= 4 is 5.65 Å². The zero-order valence-electron chi connectivity index (χ0n) is 11.0. The number of methoxy groups -OCH3 is 1. The smallest absolute Gasteiger partial charge is 0.174 e. The molecular formula is C15H14FN3O. The summed E-state index contributed by atoms with van der Waals surface area (Å²) in [5.74, 6) is 0.403. The van der Waals surface area contributed by atoms with E-state index in [1.807, 2.05) is 24.3 Å². The molecule has 0 saturated heterocycles. The number of nitrogens with two attached hydrogens (primary N) is 1. The molecule has 2 aromatic heterocycles. The highest BCUT2D eigenvalue weighted by Crippen LogP contribution is 2.26. The number of fused-ring (bicyclic) bond motifs is 1. The highest BCUT2D eigenvalue weighted by atomic mass is 19.1. The van der Waals surface area contributed by atoms with Crippen molar-refractivity contribution in [3.05, 3.63) is 54.1 Å². The number of aromatic nitrogens is 2. The third-order valence-electron chi connectivity index (χ3n) is 3.26. The number of rotatable bonds is 3. The Kier molecular flexibility index (Phi) is 3.12. The third-order valence-corrected chi connectivity index (χ3v) is 3.26. The molecule has 0 bridgehead atoms. The van der Waals surface area contributed by atoms with E-state index in [1.165, 1.54) is 6.07 Å². The average molecular weight is 271 g/mol. The summed E-state index contributed by atoms with van der Waals surface area (Å²) in [6.07, 6.45) is 1.76. The van der Waals surface area contributed by atoms with Gasteiger partial charge in [-0.15, -0.1) is 0 Å². The SMILES string of the molecule is COc1ccc(-c2nc3c(F)cccn3c2CN)cc1. The maximum atomic E-state index is 13.8. The lowest BCUT2D eigenvalue weighted by molar-refractivity contribution is 0.415. The largest absolute Gasteiger partial charge is 0.497 e. The van der Waals surface area contributed by atoms with Gasteiger partial charge in [-0.1, -0.05) is 0 Å². The van der Waals surface area contributed by atoms with Gasteiger partial charge in [0.05, 0.1) is 18.5 Å². The molecule has 20 heavy (non-hydrogen) atoms. The Morgan fingerprint density at radius 3 is 2.65 bits per heavy atom. The summed E-state index contributed by atoms with van der Waals surface area (Å²) in [7, 11) is 1.61. The Morgan fingerprint density at radius 1 is 1.25 bits per heavy atom. The zero-order chi connectivity index (χ0) is 14.1. The van der Waals surface area contributed by atoms with Crippen molar-refractivity contribution in [1.82, 2.24) is 9.38 Å². The number of halogens is 1. The van der Waals surface area contributed by atoms with E-state index in [2.05, 4.69) is 4.98 Å². The Hall–Kier alpha value is -2.40. The number of benzene rings is 1. The van der Waals surface area contributed by atoms with Crippen molar-refractivity contribution in [1.29, 1.82) is 0 Å². The minimum absolute atomic E-state index is 0.284. The first kappa shape index (κ1) is 12.6. The molecule has 5 heteroatoms. The normalized spacial score (nSPS) is 10.9. The van der Waals surface area contributed by atoms with E-state index >= 15 is 0 Å². The van der Waals surface area contributed by atoms with Crippen LogP contribution < -0.4 is 10.5 Å². The fourth-order valence-electron chi connectivity index (χ4n) is 2.26. The minimum Gasteiger partial charge on any atom is -0.497 e. The van der Waals surface area contributed by atoms with Gasteiger partial charge < -0.3 is 10.5 Å². The fraction of sp³-hybridized carbons (Fsp3) is 0.133. The fourth-order valence-corrected chi connectivity index (χ4v) is 2.26. The molecule has 2 heterocycles. The van der Waals surface area contributed by atoms with Crippen LogP contribution in [-0.2, 0) is 6.54 Å². The minimum atomic E-state index is -0.359. The first-order chi connectivity index (χ1) is 9.74. The van der Waals surface area contributed by atoms with Crippen molar-refractivity contribution in [3.63, 3.8) is 0 Å². The van der Waals surface area contributed by atoms with Gasteiger partial charge in [0.1, 0.15) is 5.75 Å². The maximum absolute atomic E-state index is 13.8. The van der Waals surface area contributed by atoms with Crippen LogP contribution in [0.4, 0.5) is 4.39 Å². The van der Waals surface area contributed by atoms with Crippen LogP contribution in [0, 0.1) is 5.82 Å². The van der Waals surface area contributed by atoms with Crippen molar-refractivity contribution < 1.29 is 9.13 Å². The second kappa shape index (κ2) is 4.94. The van der Waals surface area contributed by atoms with Gasteiger partial charge in [0.25, 0.3) is 0 Å². The lowest BCUT2D eigenvalue weighted by Crippen LogP contribution is -2.02. The van der Waals surface area contributed by atoms with Crippen LogP contribution >= 0.6 is 0 Å². The maximum Gasteiger partial charge on any atom is 0.174 e. The molecule has 0 saturated carbocycles. The molecule has 4 nitrogen and oxygen atoms in total. The van der Waals surface area contributed by atoms with Crippen molar-refractivity contribution in [2.24, 2.45) is 5.73 Å². The number of imidazole rings is 1. The molecule has 0 radical (unpaired) electrons. The quantitative estimate of drug-likeness (QED) is 0.796. The Bertz CT molecular complexity index is 750. The molecule has 0 fully saturated rings. The van der Waals surface area contributed by atoms with E-state index in [-0.39, 0.29) is 12.4 Å².